The van der Waals surface area contributed by atoms with Crippen molar-refractivity contribution in [3.8, 4) is 0 Å². The van der Waals surface area contributed by atoms with Crippen LogP contribution in [0.3, 0.4) is 0 Å². The molecule has 2 aliphatic rings. The summed E-state index contributed by atoms with van der Waals surface area (Å²) in [6.45, 7) is 4.55. The standard InChI is InChI=1S/C33H30F2N4O2/c1-3-25-16-23(20(2)39-25)17-28-26-10-8-21(14-24(26)18-31(28)40)6-4-12-36-32-27(7-5-13-37-32)33(41)38-19-22-9-11-29(34)30(35)15-22/h4-11,13-15,17H,3,12,16,18-19H2,1-2H3,(H,36,37)(H,38,41)/b6-4+,28-17-. The molecular weight excluding hydrogens is 522 g/mol. The minimum absolute atomic E-state index is 0.0484. The number of nitrogens with zero attached hydrogens (tertiary/aromatic N) is 2. The molecule has 2 heterocycles. The second kappa shape index (κ2) is 12.2. The molecule has 0 fully saturated rings. The number of aromatic nitrogens is 1. The highest BCUT2D eigenvalue weighted by Gasteiger charge is 2.25. The molecule has 0 unspecified atom stereocenters. The average molecular weight is 553 g/mol. The number of amides is 1. The van der Waals surface area contributed by atoms with Crippen LogP contribution in [-0.4, -0.2) is 28.9 Å². The Morgan fingerprint density at radius 1 is 1.07 bits per heavy atom. The second-order valence-corrected chi connectivity index (χ2v) is 10.0. The van der Waals surface area contributed by atoms with Crippen molar-refractivity contribution in [2.24, 2.45) is 4.99 Å². The lowest BCUT2D eigenvalue weighted by Crippen LogP contribution is -2.24. The first kappa shape index (κ1) is 27.8. The van der Waals surface area contributed by atoms with Crippen molar-refractivity contribution < 1.29 is 18.4 Å². The third-order valence-corrected chi connectivity index (χ3v) is 7.17. The number of ketones is 1. The normalized spacial score (nSPS) is 15.6. The van der Waals surface area contributed by atoms with Gasteiger partial charge in [-0.2, -0.15) is 0 Å². The van der Waals surface area contributed by atoms with Crippen molar-refractivity contribution in [3.05, 3.63) is 118 Å². The molecule has 0 saturated carbocycles. The number of hydrogen-bond acceptors (Lipinski definition) is 5. The maximum absolute atomic E-state index is 13.5. The van der Waals surface area contributed by atoms with Gasteiger partial charge < -0.3 is 10.6 Å². The minimum Gasteiger partial charge on any atom is -0.366 e. The van der Waals surface area contributed by atoms with Crippen LogP contribution in [0.2, 0.25) is 0 Å². The summed E-state index contributed by atoms with van der Waals surface area (Å²) in [5.41, 5.74) is 7.74. The predicted octanol–water partition coefficient (Wildman–Crippen LogP) is 6.45. The zero-order chi connectivity index (χ0) is 28.9. The van der Waals surface area contributed by atoms with Gasteiger partial charge in [-0.15, -0.1) is 0 Å². The topological polar surface area (TPSA) is 83.5 Å². The number of pyridine rings is 1. The third kappa shape index (κ3) is 6.38. The van der Waals surface area contributed by atoms with Crippen LogP contribution in [0.1, 0.15) is 59.3 Å². The number of nitrogens with one attached hydrogen (secondary N) is 2. The number of anilines is 1. The summed E-state index contributed by atoms with van der Waals surface area (Å²) >= 11 is 0. The smallest absolute Gasteiger partial charge is 0.255 e. The van der Waals surface area contributed by atoms with Gasteiger partial charge in [-0.05, 0) is 71.5 Å². The van der Waals surface area contributed by atoms with Crippen LogP contribution >= 0.6 is 0 Å². The Hall–Kier alpha value is -4.72. The van der Waals surface area contributed by atoms with Gasteiger partial charge in [0, 0.05) is 49.1 Å². The van der Waals surface area contributed by atoms with Crippen LogP contribution in [0.15, 0.2) is 83.1 Å². The molecule has 1 aliphatic heterocycles. The summed E-state index contributed by atoms with van der Waals surface area (Å²) in [7, 11) is 0. The van der Waals surface area contributed by atoms with Crippen LogP contribution in [0.5, 0.6) is 0 Å². The molecule has 8 heteroatoms. The summed E-state index contributed by atoms with van der Waals surface area (Å²) in [5, 5.41) is 5.86. The average Bonchev–Trinajstić information content (AvgIpc) is 3.49. The number of hydrogen-bond donors (Lipinski definition) is 2. The molecule has 208 valence electrons. The maximum Gasteiger partial charge on any atom is 0.255 e. The molecule has 41 heavy (non-hydrogen) atoms. The fraction of sp³-hybridized carbons (Fsp3) is 0.212. The number of fused-ring (bicyclic) bond motifs is 1. The molecule has 2 N–H and O–H groups in total. The SMILES string of the molecule is CCC1=NC(C)=C(/C=C2\C(=O)Cc3cc(/C=C/CNc4ncccc4C(=O)NCc4ccc(F)c(F)c4)ccc32)C1. The van der Waals surface area contributed by atoms with Gasteiger partial charge in [0.1, 0.15) is 5.82 Å². The van der Waals surface area contributed by atoms with E-state index in [1.807, 2.05) is 43.4 Å². The zero-order valence-electron chi connectivity index (χ0n) is 22.9. The second-order valence-electron chi connectivity index (χ2n) is 10.0. The Bertz CT molecular complexity index is 1650. The van der Waals surface area contributed by atoms with Gasteiger partial charge >= 0.3 is 0 Å². The summed E-state index contributed by atoms with van der Waals surface area (Å²) in [4.78, 5) is 34.4. The van der Waals surface area contributed by atoms with Crippen molar-refractivity contribution >= 4 is 34.9 Å². The molecule has 5 rings (SSSR count). The number of rotatable bonds is 9. The lowest BCUT2D eigenvalue weighted by atomic mass is 10.00. The molecule has 1 aliphatic carbocycles. The Kier molecular flexibility index (Phi) is 8.29. The van der Waals surface area contributed by atoms with E-state index < -0.39 is 11.6 Å². The van der Waals surface area contributed by atoms with Gasteiger partial charge in [-0.25, -0.2) is 13.8 Å². The molecule has 0 atom stereocenters. The van der Waals surface area contributed by atoms with Crippen molar-refractivity contribution in [3.63, 3.8) is 0 Å². The van der Waals surface area contributed by atoms with Gasteiger partial charge in [0.25, 0.3) is 5.91 Å². The molecule has 1 amide bonds. The first-order valence-corrected chi connectivity index (χ1v) is 13.5. The van der Waals surface area contributed by atoms with E-state index in [1.54, 1.807) is 18.3 Å². The predicted molar refractivity (Wildman–Crippen MR) is 157 cm³/mol. The number of Topliss-reactive ketones (excluding diaryl/α,β-unsaturated/α-hetero) is 1. The van der Waals surface area contributed by atoms with Crippen molar-refractivity contribution in [1.82, 2.24) is 10.3 Å². The van der Waals surface area contributed by atoms with E-state index in [4.69, 9.17) is 0 Å². The first-order valence-electron chi connectivity index (χ1n) is 13.5. The lowest BCUT2D eigenvalue weighted by molar-refractivity contribution is -0.112. The summed E-state index contributed by atoms with van der Waals surface area (Å²) < 4.78 is 26.6. The van der Waals surface area contributed by atoms with Gasteiger partial charge in [-0.3, -0.25) is 14.6 Å². The van der Waals surface area contributed by atoms with Crippen molar-refractivity contribution in [2.45, 2.75) is 39.7 Å². The van der Waals surface area contributed by atoms with Gasteiger partial charge in [0.05, 0.1) is 5.56 Å². The largest absolute Gasteiger partial charge is 0.366 e. The van der Waals surface area contributed by atoms with Crippen molar-refractivity contribution in [2.75, 3.05) is 11.9 Å². The molecule has 0 saturated heterocycles. The van der Waals surface area contributed by atoms with E-state index in [2.05, 4.69) is 27.5 Å². The van der Waals surface area contributed by atoms with Crippen LogP contribution in [0.25, 0.3) is 11.6 Å². The fourth-order valence-corrected chi connectivity index (χ4v) is 4.94. The van der Waals surface area contributed by atoms with Gasteiger partial charge in [-0.1, -0.05) is 43.3 Å². The third-order valence-electron chi connectivity index (χ3n) is 7.17. The van der Waals surface area contributed by atoms with Crippen LogP contribution in [0.4, 0.5) is 14.6 Å². The summed E-state index contributed by atoms with van der Waals surface area (Å²) in [5.74, 6) is -1.76. The van der Waals surface area contributed by atoms with E-state index in [0.717, 1.165) is 64.2 Å². The Labute approximate surface area is 237 Å². The van der Waals surface area contributed by atoms with Gasteiger partial charge in [0.15, 0.2) is 17.4 Å². The Morgan fingerprint density at radius 2 is 1.93 bits per heavy atom. The van der Waals surface area contributed by atoms with E-state index >= 15 is 0 Å². The lowest BCUT2D eigenvalue weighted by Gasteiger charge is -2.10. The molecule has 0 radical (unpaired) electrons. The Balaban J connectivity index is 1.20. The number of carbonyl (C=O) groups is 2. The highest BCUT2D eigenvalue weighted by molar-refractivity contribution is 6.26. The molecule has 0 spiro atoms. The number of carbonyl (C=O) groups excluding carboxylic acids is 2. The highest BCUT2D eigenvalue weighted by Crippen LogP contribution is 2.34. The highest BCUT2D eigenvalue weighted by atomic mass is 19.2. The first-order chi connectivity index (χ1) is 19.8. The van der Waals surface area contributed by atoms with Gasteiger partial charge in [0.2, 0.25) is 0 Å². The van der Waals surface area contributed by atoms with Crippen LogP contribution in [0, 0.1) is 11.6 Å². The summed E-state index contributed by atoms with van der Waals surface area (Å²) in [6.07, 6.45) is 9.56. The molecule has 6 nitrogen and oxygen atoms in total. The van der Waals surface area contributed by atoms with Crippen LogP contribution in [-0.2, 0) is 17.8 Å². The fourth-order valence-electron chi connectivity index (χ4n) is 4.94. The van der Waals surface area contributed by atoms with Crippen LogP contribution < -0.4 is 10.6 Å². The summed E-state index contributed by atoms with van der Waals surface area (Å²) in [6, 6.07) is 12.8. The minimum atomic E-state index is -0.962. The van der Waals surface area contributed by atoms with E-state index in [0.29, 0.717) is 29.9 Å². The van der Waals surface area contributed by atoms with E-state index in [1.165, 1.54) is 6.07 Å². The number of aliphatic imine (C=N–C) groups is 1. The molecule has 1 aromatic heterocycles. The van der Waals surface area contributed by atoms with E-state index in [-0.39, 0.29) is 18.2 Å². The molecule has 0 bridgehead atoms. The zero-order valence-corrected chi connectivity index (χ0v) is 22.9. The molecule has 2 aromatic carbocycles. The maximum atomic E-state index is 13.5. The molecule has 3 aromatic rings. The Morgan fingerprint density at radius 3 is 2.71 bits per heavy atom. The number of benzene rings is 2. The monoisotopic (exact) mass is 552 g/mol. The van der Waals surface area contributed by atoms with Crippen molar-refractivity contribution in [1.29, 1.82) is 0 Å². The molecular formula is C33H30F2N4O2. The number of allylic oxidation sites excluding steroid dienone is 4. The number of halogens is 2. The quantitative estimate of drug-likeness (QED) is 0.299. The van der Waals surface area contributed by atoms with E-state index in [9.17, 15) is 18.4 Å².